The zero-order valence-electron chi connectivity index (χ0n) is 17.2. The van der Waals surface area contributed by atoms with Crippen molar-refractivity contribution in [3.63, 3.8) is 0 Å². The average Bonchev–Trinajstić information content (AvgIpc) is 2.76. The van der Waals surface area contributed by atoms with Crippen molar-refractivity contribution >= 4 is 32.7 Å². The van der Waals surface area contributed by atoms with Gasteiger partial charge < -0.3 is 0 Å². The SMILES string of the molecule is C[C@@]12C3=CC=C4C=CC=C(c5cc6cc7ccccc7cc6cc5C1=CC=C3)[C@@]42C. The van der Waals surface area contributed by atoms with E-state index in [0.717, 1.165) is 0 Å². The highest BCUT2D eigenvalue weighted by Crippen LogP contribution is 2.69. The Kier molecular flexibility index (Phi) is 2.85. The average molecular weight is 383 g/mol. The molecule has 142 valence electrons. The molecule has 2 atom stereocenters. The predicted molar refractivity (Wildman–Crippen MR) is 128 cm³/mol. The third-order valence-corrected chi connectivity index (χ3v) is 8.17. The molecular formula is C30H22. The van der Waals surface area contributed by atoms with E-state index < -0.39 is 0 Å². The van der Waals surface area contributed by atoms with E-state index in [9.17, 15) is 0 Å². The molecule has 3 aromatic rings. The topological polar surface area (TPSA) is 0 Å². The Bertz CT molecular complexity index is 1380. The van der Waals surface area contributed by atoms with Gasteiger partial charge in [-0.05, 0) is 79.2 Å². The van der Waals surface area contributed by atoms with E-state index in [-0.39, 0.29) is 10.8 Å². The fraction of sp³-hybridized carbons (Fsp3) is 0.133. The first-order chi connectivity index (χ1) is 14.6. The maximum absolute atomic E-state index is 2.45. The highest BCUT2D eigenvalue weighted by Gasteiger charge is 2.58. The summed E-state index contributed by atoms with van der Waals surface area (Å²) < 4.78 is 0. The van der Waals surface area contributed by atoms with Crippen molar-refractivity contribution in [2.45, 2.75) is 13.8 Å². The summed E-state index contributed by atoms with van der Waals surface area (Å²) in [4.78, 5) is 0. The molecule has 0 saturated carbocycles. The molecule has 0 aromatic heterocycles. The van der Waals surface area contributed by atoms with E-state index in [1.807, 2.05) is 0 Å². The van der Waals surface area contributed by atoms with Crippen molar-refractivity contribution in [3.8, 4) is 0 Å². The van der Waals surface area contributed by atoms with Crippen molar-refractivity contribution in [1.82, 2.24) is 0 Å². The molecule has 0 heteroatoms. The molecule has 4 aliphatic rings. The van der Waals surface area contributed by atoms with Gasteiger partial charge in [0, 0.05) is 10.8 Å². The third-order valence-electron chi connectivity index (χ3n) is 8.17. The standard InChI is InChI=1S/C30H22/c1-29-23-9-5-11-27(29)25-17-21-15-19-7-3-4-8-20(19)16-22(21)18-26(25)28-12-6-10-24(14-13-23)30(28,29)2/h3-18H,1-2H3/t29-,30-/m1/s1. The molecule has 0 bridgehead atoms. The summed E-state index contributed by atoms with van der Waals surface area (Å²) in [6.07, 6.45) is 18.4. The van der Waals surface area contributed by atoms with Gasteiger partial charge in [-0.25, -0.2) is 0 Å². The molecule has 0 saturated heterocycles. The van der Waals surface area contributed by atoms with E-state index in [1.165, 1.54) is 55.0 Å². The van der Waals surface area contributed by atoms with Crippen molar-refractivity contribution in [1.29, 1.82) is 0 Å². The zero-order chi connectivity index (χ0) is 20.1. The highest BCUT2D eigenvalue weighted by atomic mass is 14.6. The third kappa shape index (κ3) is 1.71. The van der Waals surface area contributed by atoms with Crippen LogP contribution in [-0.2, 0) is 0 Å². The first-order valence-electron chi connectivity index (χ1n) is 10.8. The maximum atomic E-state index is 2.45. The van der Waals surface area contributed by atoms with Crippen LogP contribution in [0.25, 0.3) is 32.7 Å². The summed E-state index contributed by atoms with van der Waals surface area (Å²) in [7, 11) is 0. The Balaban J connectivity index is 1.64. The van der Waals surface area contributed by atoms with E-state index in [0.29, 0.717) is 0 Å². The van der Waals surface area contributed by atoms with Gasteiger partial charge in [-0.15, -0.1) is 0 Å². The second kappa shape index (κ2) is 5.21. The molecule has 0 fully saturated rings. The van der Waals surface area contributed by atoms with Crippen LogP contribution in [0.5, 0.6) is 0 Å². The second-order valence-electron chi connectivity index (χ2n) is 9.32. The molecule has 0 spiro atoms. The first kappa shape index (κ1) is 16.4. The van der Waals surface area contributed by atoms with E-state index in [4.69, 9.17) is 0 Å². The monoisotopic (exact) mass is 382 g/mol. The Morgan fingerprint density at radius 3 is 1.47 bits per heavy atom. The number of hydrogen-bond acceptors (Lipinski definition) is 0. The van der Waals surface area contributed by atoms with Crippen LogP contribution in [0.1, 0.15) is 25.0 Å². The molecule has 0 radical (unpaired) electrons. The van der Waals surface area contributed by atoms with Crippen LogP contribution in [0.4, 0.5) is 0 Å². The molecule has 3 aromatic carbocycles. The minimum Gasteiger partial charge on any atom is -0.0616 e. The van der Waals surface area contributed by atoms with Crippen LogP contribution in [0.3, 0.4) is 0 Å². The van der Waals surface area contributed by atoms with Gasteiger partial charge >= 0.3 is 0 Å². The molecule has 0 nitrogen and oxygen atoms in total. The second-order valence-corrected chi connectivity index (χ2v) is 9.32. The molecule has 0 aliphatic heterocycles. The number of fused-ring (bicyclic) bond motifs is 5. The molecular weight excluding hydrogens is 360 g/mol. The lowest BCUT2D eigenvalue weighted by molar-refractivity contribution is 0.303. The minimum atomic E-state index is -0.0556. The summed E-state index contributed by atoms with van der Waals surface area (Å²) in [6.45, 7) is 4.89. The normalized spacial score (nSPS) is 27.8. The predicted octanol–water partition coefficient (Wildman–Crippen LogP) is 7.79. The quantitative estimate of drug-likeness (QED) is 0.348. The first-order valence-corrected chi connectivity index (χ1v) is 10.8. The van der Waals surface area contributed by atoms with Gasteiger partial charge in [0.15, 0.2) is 0 Å². The Morgan fingerprint density at radius 1 is 0.533 bits per heavy atom. The van der Waals surface area contributed by atoms with Gasteiger partial charge in [-0.1, -0.05) is 86.7 Å². The van der Waals surface area contributed by atoms with Gasteiger partial charge in [-0.3, -0.25) is 0 Å². The van der Waals surface area contributed by atoms with Crippen LogP contribution in [-0.4, -0.2) is 0 Å². The van der Waals surface area contributed by atoms with Crippen molar-refractivity contribution in [2.24, 2.45) is 10.8 Å². The summed E-state index contributed by atoms with van der Waals surface area (Å²) in [5.41, 5.74) is 8.38. The van der Waals surface area contributed by atoms with Gasteiger partial charge in [0.05, 0.1) is 0 Å². The van der Waals surface area contributed by atoms with Gasteiger partial charge in [0.2, 0.25) is 0 Å². The summed E-state index contributed by atoms with van der Waals surface area (Å²) >= 11 is 0. The van der Waals surface area contributed by atoms with Crippen LogP contribution in [0.15, 0.2) is 108 Å². The molecule has 0 heterocycles. The number of rotatable bonds is 0. The van der Waals surface area contributed by atoms with E-state index in [1.54, 1.807) is 0 Å². The van der Waals surface area contributed by atoms with Crippen LogP contribution in [0, 0.1) is 10.8 Å². The van der Waals surface area contributed by atoms with Crippen molar-refractivity contribution in [3.05, 3.63) is 119 Å². The fourth-order valence-corrected chi connectivity index (χ4v) is 6.37. The smallest absolute Gasteiger partial charge is 0.0315 e. The molecule has 0 amide bonds. The van der Waals surface area contributed by atoms with Crippen LogP contribution >= 0.6 is 0 Å². The van der Waals surface area contributed by atoms with Gasteiger partial charge in [0.1, 0.15) is 0 Å². The lowest BCUT2D eigenvalue weighted by Gasteiger charge is -2.58. The van der Waals surface area contributed by atoms with E-state index >= 15 is 0 Å². The van der Waals surface area contributed by atoms with Crippen LogP contribution < -0.4 is 0 Å². The molecule has 4 aliphatic carbocycles. The van der Waals surface area contributed by atoms with Crippen molar-refractivity contribution < 1.29 is 0 Å². The maximum Gasteiger partial charge on any atom is 0.0315 e. The molecule has 0 unspecified atom stereocenters. The summed E-state index contributed by atoms with van der Waals surface area (Å²) in [5, 5.41) is 5.24. The lowest BCUT2D eigenvalue weighted by atomic mass is 9.44. The molecule has 0 N–H and O–H groups in total. The summed E-state index contributed by atoms with van der Waals surface area (Å²) in [6, 6.07) is 18.2. The zero-order valence-corrected chi connectivity index (χ0v) is 17.2. The van der Waals surface area contributed by atoms with Crippen LogP contribution in [0.2, 0.25) is 0 Å². The van der Waals surface area contributed by atoms with Gasteiger partial charge in [0.25, 0.3) is 0 Å². The molecule has 30 heavy (non-hydrogen) atoms. The Morgan fingerprint density at radius 2 is 1.00 bits per heavy atom. The Labute approximate surface area is 176 Å². The fourth-order valence-electron chi connectivity index (χ4n) is 6.37. The number of benzene rings is 3. The van der Waals surface area contributed by atoms with Crippen molar-refractivity contribution in [2.75, 3.05) is 0 Å². The largest absolute Gasteiger partial charge is 0.0616 e. The van der Waals surface area contributed by atoms with E-state index in [2.05, 4.69) is 111 Å². The van der Waals surface area contributed by atoms with Gasteiger partial charge in [-0.2, -0.15) is 0 Å². The molecule has 7 rings (SSSR count). The number of allylic oxidation sites excluding steroid dienone is 12. The minimum absolute atomic E-state index is 0.0556. The number of hydrogen-bond donors (Lipinski definition) is 0. The highest BCUT2D eigenvalue weighted by molar-refractivity contribution is 6.05. The Hall–Kier alpha value is -3.38. The summed E-state index contributed by atoms with van der Waals surface area (Å²) in [5.74, 6) is 0. The lowest BCUT2D eigenvalue weighted by Crippen LogP contribution is -2.47.